The predicted octanol–water partition coefficient (Wildman–Crippen LogP) is 1.76. The average Bonchev–Trinajstić information content (AvgIpc) is 1.96. The van der Waals surface area contributed by atoms with Gasteiger partial charge in [-0.1, -0.05) is 48.6 Å². The van der Waals surface area contributed by atoms with E-state index in [9.17, 15) is 0 Å². The fourth-order valence-corrected chi connectivity index (χ4v) is 1.11. The third-order valence-corrected chi connectivity index (χ3v) is 1.70. The Morgan fingerprint density at radius 1 is 1.42 bits per heavy atom. The van der Waals surface area contributed by atoms with Gasteiger partial charge >= 0.3 is 0 Å². The average molecular weight is 158 g/mol. The van der Waals surface area contributed by atoms with Gasteiger partial charge in [-0.15, -0.1) is 0 Å². The maximum atomic E-state index is 3.94. The van der Waals surface area contributed by atoms with Crippen molar-refractivity contribution in [3.05, 3.63) is 46.4 Å². The fourth-order valence-electron chi connectivity index (χ4n) is 1.11. The van der Waals surface area contributed by atoms with E-state index >= 15 is 0 Å². The van der Waals surface area contributed by atoms with Crippen LogP contribution in [0.25, 0.3) is 12.7 Å². The van der Waals surface area contributed by atoms with Gasteiger partial charge in [0.05, 0.1) is 0 Å². The van der Waals surface area contributed by atoms with Crippen molar-refractivity contribution >= 4 is 12.7 Å². The molecule has 0 bridgehead atoms. The lowest BCUT2D eigenvalue weighted by Gasteiger charge is -1.93. The van der Waals surface area contributed by atoms with Crippen molar-refractivity contribution in [1.82, 2.24) is 0 Å². The van der Waals surface area contributed by atoms with Crippen LogP contribution in [-0.2, 0) is 0 Å². The largest absolute Gasteiger partial charge is 0.0961 e. The molecule has 1 aromatic carbocycles. The molecule has 0 nitrogen and oxygen atoms in total. The highest BCUT2D eigenvalue weighted by Crippen LogP contribution is 1.89. The van der Waals surface area contributed by atoms with E-state index in [4.69, 9.17) is 0 Å². The highest BCUT2D eigenvalue weighted by molar-refractivity contribution is 5.44. The van der Waals surface area contributed by atoms with Crippen LogP contribution in [0.5, 0.6) is 0 Å². The van der Waals surface area contributed by atoms with Crippen molar-refractivity contribution < 1.29 is 0 Å². The molecule has 0 heterocycles. The van der Waals surface area contributed by atoms with Gasteiger partial charge in [-0.2, -0.15) is 0 Å². The molecule has 0 atom stereocenters. The number of hydrogen-bond donors (Lipinski definition) is 0. The van der Waals surface area contributed by atoms with E-state index < -0.39 is 0 Å². The lowest BCUT2D eigenvalue weighted by Crippen LogP contribution is -2.22. The van der Waals surface area contributed by atoms with E-state index in [0.717, 1.165) is 10.8 Å². The predicted molar refractivity (Wildman–Crippen MR) is 55.2 cm³/mol. The lowest BCUT2D eigenvalue weighted by atomic mass is 10.1. The van der Waals surface area contributed by atoms with Crippen molar-refractivity contribution in [2.75, 3.05) is 0 Å². The highest BCUT2D eigenvalue weighted by atomic mass is 13.9. The van der Waals surface area contributed by atoms with Crippen LogP contribution < -0.4 is 10.4 Å². The molecule has 0 heteroatoms. The zero-order chi connectivity index (χ0) is 9.14. The SMILES string of the molecule is C=C(C)/C=c1/cc(C)ccc1=C. The number of aryl methyl sites for hydroxylation is 1. The minimum Gasteiger partial charge on any atom is -0.0961 e. The van der Waals surface area contributed by atoms with Crippen molar-refractivity contribution in [3.63, 3.8) is 0 Å². The maximum absolute atomic E-state index is 3.94. The molecule has 0 saturated heterocycles. The molecule has 1 rings (SSSR count). The molecule has 0 aromatic heterocycles. The summed E-state index contributed by atoms with van der Waals surface area (Å²) in [7, 11) is 0. The van der Waals surface area contributed by atoms with Gasteiger partial charge in [0.1, 0.15) is 0 Å². The molecule has 1 aromatic rings. The van der Waals surface area contributed by atoms with Gasteiger partial charge < -0.3 is 0 Å². The van der Waals surface area contributed by atoms with Crippen LogP contribution in [0, 0.1) is 6.92 Å². The molecule has 0 amide bonds. The summed E-state index contributed by atoms with van der Waals surface area (Å²) in [6.07, 6.45) is 2.05. The second-order valence-electron chi connectivity index (χ2n) is 3.19. The Hall–Kier alpha value is -1.30. The molecule has 0 fully saturated rings. The van der Waals surface area contributed by atoms with Crippen LogP contribution in [0.2, 0.25) is 0 Å². The van der Waals surface area contributed by atoms with Crippen molar-refractivity contribution in [1.29, 1.82) is 0 Å². The third-order valence-electron chi connectivity index (χ3n) is 1.70. The molecule has 62 valence electrons. The number of hydrogen-bond acceptors (Lipinski definition) is 0. The molecule has 0 aliphatic rings. The Morgan fingerprint density at radius 2 is 2.08 bits per heavy atom. The van der Waals surface area contributed by atoms with Crippen LogP contribution >= 0.6 is 0 Å². The minimum absolute atomic E-state index is 1.06. The molecule has 0 unspecified atom stereocenters. The summed E-state index contributed by atoms with van der Waals surface area (Å²) < 4.78 is 0. The highest BCUT2D eigenvalue weighted by Gasteiger charge is 1.85. The molecule has 0 saturated carbocycles. The monoisotopic (exact) mass is 158 g/mol. The van der Waals surface area contributed by atoms with Crippen LogP contribution in [-0.4, -0.2) is 0 Å². The molecular formula is C12H14. The zero-order valence-electron chi connectivity index (χ0n) is 7.72. The van der Waals surface area contributed by atoms with Crippen LogP contribution in [0.15, 0.2) is 30.4 Å². The second-order valence-corrected chi connectivity index (χ2v) is 3.19. The Morgan fingerprint density at radius 3 is 2.67 bits per heavy atom. The standard InChI is InChI=1S/C12H14/c1-9(2)7-12-8-10(3)5-6-11(12)4/h5-8H,1,4H2,2-3H3/b12-7-. The summed E-state index contributed by atoms with van der Waals surface area (Å²) in [6.45, 7) is 11.8. The van der Waals surface area contributed by atoms with Gasteiger partial charge in [-0.3, -0.25) is 0 Å². The molecule has 0 spiro atoms. The molecule has 0 aliphatic carbocycles. The lowest BCUT2D eigenvalue weighted by molar-refractivity contribution is 1.40. The first-order valence-electron chi connectivity index (χ1n) is 4.02. The van der Waals surface area contributed by atoms with Gasteiger partial charge in [0.2, 0.25) is 0 Å². The van der Waals surface area contributed by atoms with Crippen molar-refractivity contribution in [2.24, 2.45) is 0 Å². The fraction of sp³-hybridized carbons (Fsp3) is 0.167. The van der Waals surface area contributed by atoms with Crippen molar-refractivity contribution in [3.8, 4) is 0 Å². The molecule has 0 aliphatic heterocycles. The Balaban J connectivity index is 3.42. The second kappa shape index (κ2) is 3.40. The molecular weight excluding hydrogens is 144 g/mol. The quantitative estimate of drug-likeness (QED) is 0.584. The van der Waals surface area contributed by atoms with Gasteiger partial charge in [0.25, 0.3) is 0 Å². The van der Waals surface area contributed by atoms with E-state index in [1.807, 2.05) is 13.0 Å². The molecule has 12 heavy (non-hydrogen) atoms. The van der Waals surface area contributed by atoms with Crippen LogP contribution in [0.1, 0.15) is 12.5 Å². The van der Waals surface area contributed by atoms with Gasteiger partial charge in [0, 0.05) is 0 Å². The van der Waals surface area contributed by atoms with E-state index in [1.165, 1.54) is 10.8 Å². The smallest absolute Gasteiger partial charge is 0.0185 e. The number of benzene rings is 1. The van der Waals surface area contributed by atoms with Gasteiger partial charge in [-0.25, -0.2) is 0 Å². The van der Waals surface area contributed by atoms with E-state index in [2.05, 4.69) is 38.3 Å². The Kier molecular flexibility index (Phi) is 2.49. The summed E-state index contributed by atoms with van der Waals surface area (Å²) in [5, 5.41) is 2.23. The summed E-state index contributed by atoms with van der Waals surface area (Å²) in [4.78, 5) is 0. The first kappa shape index (κ1) is 8.79. The molecule has 0 radical (unpaired) electrons. The first-order valence-corrected chi connectivity index (χ1v) is 4.02. The maximum Gasteiger partial charge on any atom is -0.0185 e. The molecule has 0 N–H and O–H groups in total. The van der Waals surface area contributed by atoms with Gasteiger partial charge in [-0.05, 0) is 24.3 Å². The van der Waals surface area contributed by atoms with E-state index in [0.29, 0.717) is 0 Å². The third kappa shape index (κ3) is 2.09. The minimum atomic E-state index is 1.06. The number of allylic oxidation sites excluding steroid dienone is 1. The zero-order valence-corrected chi connectivity index (χ0v) is 7.72. The topological polar surface area (TPSA) is 0 Å². The summed E-state index contributed by atoms with van der Waals surface area (Å²) in [6, 6.07) is 6.22. The Labute approximate surface area is 73.6 Å². The summed E-state index contributed by atoms with van der Waals surface area (Å²) in [5.41, 5.74) is 2.32. The normalized spacial score (nSPS) is 11.7. The van der Waals surface area contributed by atoms with Crippen molar-refractivity contribution in [2.45, 2.75) is 13.8 Å². The van der Waals surface area contributed by atoms with E-state index in [-0.39, 0.29) is 0 Å². The first-order chi connectivity index (χ1) is 5.59. The van der Waals surface area contributed by atoms with Gasteiger partial charge in [0.15, 0.2) is 0 Å². The summed E-state index contributed by atoms with van der Waals surface area (Å²) in [5.74, 6) is 0. The van der Waals surface area contributed by atoms with E-state index in [1.54, 1.807) is 0 Å². The van der Waals surface area contributed by atoms with Crippen LogP contribution in [0.3, 0.4) is 0 Å². The van der Waals surface area contributed by atoms with Crippen LogP contribution in [0.4, 0.5) is 0 Å². The number of rotatable bonds is 1. The Bertz CT molecular complexity index is 397. The summed E-state index contributed by atoms with van der Waals surface area (Å²) >= 11 is 0.